The third-order valence-electron chi connectivity index (χ3n) is 2.47. The highest BCUT2D eigenvalue weighted by Crippen LogP contribution is 2.26. The van der Waals surface area contributed by atoms with Crippen LogP contribution in [0.25, 0.3) is 0 Å². The van der Waals surface area contributed by atoms with Crippen LogP contribution in [0.15, 0.2) is 23.1 Å². The van der Waals surface area contributed by atoms with E-state index in [9.17, 15) is 13.2 Å². The van der Waals surface area contributed by atoms with Crippen LogP contribution < -0.4 is 9.46 Å². The number of carboxylic acid groups (broad SMARTS) is 1. The Bertz CT molecular complexity index is 633. The minimum absolute atomic E-state index is 0.0197. The Balaban J connectivity index is 3.24. The van der Waals surface area contributed by atoms with Gasteiger partial charge in [0.25, 0.3) is 0 Å². The fourth-order valence-electron chi connectivity index (χ4n) is 1.67. The molecule has 2 N–H and O–H groups in total. The molecule has 0 fully saturated rings. The molecule has 7 nitrogen and oxygen atoms in total. The largest absolute Gasteiger partial charge is 0.490 e. The Hall–Kier alpha value is -1.64. The Morgan fingerprint density at radius 3 is 2.41 bits per heavy atom. The van der Waals surface area contributed by atoms with Crippen LogP contribution in [-0.4, -0.2) is 45.4 Å². The van der Waals surface area contributed by atoms with E-state index in [4.69, 9.17) is 14.6 Å². The highest BCUT2D eigenvalue weighted by Gasteiger charge is 2.26. The van der Waals surface area contributed by atoms with Crippen LogP contribution in [0.5, 0.6) is 5.75 Å². The lowest BCUT2D eigenvalue weighted by Gasteiger charge is -2.21. The molecule has 0 heterocycles. The van der Waals surface area contributed by atoms with Gasteiger partial charge < -0.3 is 14.6 Å². The zero-order valence-electron chi connectivity index (χ0n) is 13.0. The molecule has 8 heteroatoms. The van der Waals surface area contributed by atoms with E-state index < -0.39 is 21.5 Å². The van der Waals surface area contributed by atoms with Gasteiger partial charge in [-0.05, 0) is 39.0 Å². The second-order valence-corrected chi connectivity index (χ2v) is 7.31. The first-order valence-corrected chi connectivity index (χ1v) is 8.08. The maximum Gasteiger partial charge on any atom is 0.335 e. The third kappa shape index (κ3) is 5.28. The van der Waals surface area contributed by atoms with Gasteiger partial charge in [-0.3, -0.25) is 0 Å². The van der Waals surface area contributed by atoms with E-state index in [1.165, 1.54) is 25.3 Å². The topological polar surface area (TPSA) is 102 Å². The lowest BCUT2D eigenvalue weighted by molar-refractivity contribution is 0.0696. The van der Waals surface area contributed by atoms with Crippen LogP contribution in [0.4, 0.5) is 0 Å². The predicted octanol–water partition coefficient (Wildman–Crippen LogP) is 1.49. The maximum absolute atomic E-state index is 12.4. The van der Waals surface area contributed by atoms with Crippen LogP contribution in [0.2, 0.25) is 0 Å². The van der Waals surface area contributed by atoms with Crippen molar-refractivity contribution in [3.63, 3.8) is 0 Å². The fraction of sp³-hybridized carbons (Fsp3) is 0.500. The Morgan fingerprint density at radius 2 is 1.91 bits per heavy atom. The summed E-state index contributed by atoms with van der Waals surface area (Å²) in [5.41, 5.74) is -0.726. The monoisotopic (exact) mass is 331 g/mol. The van der Waals surface area contributed by atoms with Crippen LogP contribution in [0.3, 0.4) is 0 Å². The molecule has 0 aliphatic carbocycles. The highest BCUT2D eigenvalue weighted by atomic mass is 32.2. The molecule has 0 aromatic heterocycles. The van der Waals surface area contributed by atoms with Crippen molar-refractivity contribution in [3.8, 4) is 5.75 Å². The molecule has 1 rings (SSSR count). The molecule has 1 aromatic carbocycles. The summed E-state index contributed by atoms with van der Waals surface area (Å²) in [6, 6.07) is 3.64. The number of sulfonamides is 1. The van der Waals surface area contributed by atoms with Crippen molar-refractivity contribution in [2.24, 2.45) is 0 Å². The molecule has 0 unspecified atom stereocenters. The average Bonchev–Trinajstić information content (AvgIpc) is 2.35. The smallest absolute Gasteiger partial charge is 0.335 e. The normalized spacial score (nSPS) is 12.2. The summed E-state index contributed by atoms with van der Waals surface area (Å²) in [5.74, 6) is -1.18. The number of aromatic carboxylic acids is 1. The van der Waals surface area contributed by atoms with E-state index in [2.05, 4.69) is 4.72 Å². The molecular formula is C14H21NO6S. The molecule has 22 heavy (non-hydrogen) atoms. The zero-order chi connectivity index (χ0) is 17.0. The number of carboxylic acids is 1. The lowest BCUT2D eigenvalue weighted by Crippen LogP contribution is -2.40. The number of methoxy groups -OCH3 is 1. The second kappa shape index (κ2) is 7.08. The molecule has 0 aliphatic heterocycles. The van der Waals surface area contributed by atoms with Gasteiger partial charge in [0.1, 0.15) is 17.3 Å². The minimum Gasteiger partial charge on any atom is -0.490 e. The van der Waals surface area contributed by atoms with Gasteiger partial charge in [0.15, 0.2) is 0 Å². The van der Waals surface area contributed by atoms with E-state index in [1.807, 2.05) is 0 Å². The highest BCUT2D eigenvalue weighted by molar-refractivity contribution is 7.89. The number of hydrogen-bond acceptors (Lipinski definition) is 5. The molecule has 0 radical (unpaired) electrons. The van der Waals surface area contributed by atoms with E-state index in [0.29, 0.717) is 0 Å². The summed E-state index contributed by atoms with van der Waals surface area (Å²) >= 11 is 0. The Labute approximate surface area is 130 Å². The summed E-state index contributed by atoms with van der Waals surface area (Å²) in [6.45, 7) is 5.49. The standard InChI is InChI=1S/C14H21NO6S/c1-14(2,3)15-22(18,19)12-6-5-10(13(16)17)9-11(12)21-8-7-20-4/h5-6,9,15H,7-8H2,1-4H3,(H,16,17). The molecule has 0 bridgehead atoms. The average molecular weight is 331 g/mol. The summed E-state index contributed by atoms with van der Waals surface area (Å²) in [4.78, 5) is 10.9. The molecule has 0 aliphatic rings. The quantitative estimate of drug-likeness (QED) is 0.734. The minimum atomic E-state index is -3.84. The number of ether oxygens (including phenoxy) is 2. The van der Waals surface area contributed by atoms with E-state index >= 15 is 0 Å². The number of hydrogen-bond donors (Lipinski definition) is 2. The van der Waals surface area contributed by atoms with E-state index in [0.717, 1.165) is 0 Å². The van der Waals surface area contributed by atoms with Gasteiger partial charge in [-0.2, -0.15) is 0 Å². The van der Waals surface area contributed by atoms with Gasteiger partial charge in [0.2, 0.25) is 10.0 Å². The van der Waals surface area contributed by atoms with Gasteiger partial charge in [-0.15, -0.1) is 0 Å². The number of nitrogens with one attached hydrogen (secondary N) is 1. The summed E-state index contributed by atoms with van der Waals surface area (Å²) in [6.07, 6.45) is 0. The van der Waals surface area contributed by atoms with Crippen molar-refractivity contribution < 1.29 is 27.8 Å². The number of benzene rings is 1. The molecule has 0 spiro atoms. The number of carbonyl (C=O) groups is 1. The van der Waals surface area contributed by atoms with Crippen LogP contribution >= 0.6 is 0 Å². The predicted molar refractivity (Wildman–Crippen MR) is 80.8 cm³/mol. The van der Waals surface area contributed by atoms with Gasteiger partial charge in [-0.25, -0.2) is 17.9 Å². The van der Waals surface area contributed by atoms with Gasteiger partial charge in [0.05, 0.1) is 12.2 Å². The van der Waals surface area contributed by atoms with Gasteiger partial charge in [-0.1, -0.05) is 0 Å². The molecule has 0 amide bonds. The van der Waals surface area contributed by atoms with Crippen LogP contribution in [-0.2, 0) is 14.8 Å². The molecule has 0 saturated carbocycles. The van der Waals surface area contributed by atoms with Crippen molar-refractivity contribution in [1.29, 1.82) is 0 Å². The van der Waals surface area contributed by atoms with E-state index in [-0.39, 0.29) is 29.4 Å². The third-order valence-corrected chi connectivity index (χ3v) is 4.26. The van der Waals surface area contributed by atoms with E-state index in [1.54, 1.807) is 20.8 Å². The van der Waals surface area contributed by atoms with Crippen molar-refractivity contribution in [2.45, 2.75) is 31.2 Å². The van der Waals surface area contributed by atoms with Crippen molar-refractivity contribution in [1.82, 2.24) is 4.72 Å². The Morgan fingerprint density at radius 1 is 1.27 bits per heavy atom. The summed E-state index contributed by atoms with van der Waals surface area (Å²) in [7, 11) is -2.35. The van der Waals surface area contributed by atoms with Crippen molar-refractivity contribution in [3.05, 3.63) is 23.8 Å². The van der Waals surface area contributed by atoms with Gasteiger partial charge >= 0.3 is 5.97 Å². The first-order valence-electron chi connectivity index (χ1n) is 6.60. The first kappa shape index (κ1) is 18.4. The first-order chi connectivity index (χ1) is 10.1. The number of rotatable bonds is 7. The fourth-order valence-corrected chi connectivity index (χ4v) is 3.21. The summed E-state index contributed by atoms with van der Waals surface area (Å²) in [5, 5.41) is 9.02. The zero-order valence-corrected chi connectivity index (χ0v) is 13.9. The second-order valence-electron chi connectivity index (χ2n) is 5.66. The van der Waals surface area contributed by atoms with Crippen LogP contribution in [0, 0.1) is 0 Å². The molecular weight excluding hydrogens is 310 g/mol. The maximum atomic E-state index is 12.4. The molecule has 0 saturated heterocycles. The van der Waals surface area contributed by atoms with Crippen LogP contribution in [0.1, 0.15) is 31.1 Å². The molecule has 124 valence electrons. The Kier molecular flexibility index (Phi) is 5.92. The van der Waals surface area contributed by atoms with Gasteiger partial charge in [0, 0.05) is 12.6 Å². The SMILES string of the molecule is COCCOc1cc(C(=O)O)ccc1S(=O)(=O)NC(C)(C)C. The summed E-state index contributed by atoms with van der Waals surface area (Å²) < 4.78 is 37.5. The lowest BCUT2D eigenvalue weighted by atomic mass is 10.1. The van der Waals surface area contributed by atoms with Crippen molar-refractivity contribution in [2.75, 3.05) is 20.3 Å². The van der Waals surface area contributed by atoms with Crippen molar-refractivity contribution >= 4 is 16.0 Å². The molecule has 0 atom stereocenters. The molecule has 1 aromatic rings.